The van der Waals surface area contributed by atoms with Gasteiger partial charge in [0.2, 0.25) is 0 Å². The fraction of sp³-hybridized carbons (Fsp3) is 0.0500. The first-order valence-electron chi connectivity index (χ1n) is 8.03. The fourth-order valence-electron chi connectivity index (χ4n) is 2.35. The smallest absolute Gasteiger partial charge is 0.269 e. The Morgan fingerprint density at radius 1 is 1.00 bits per heavy atom. The molecule has 1 N–H and O–H groups in total. The highest BCUT2D eigenvalue weighted by atomic mass is 32.2. The second-order valence-electron chi connectivity index (χ2n) is 5.56. The van der Waals surface area contributed by atoms with E-state index in [1.54, 1.807) is 43.5 Å². The molecule has 27 heavy (non-hydrogen) atoms. The predicted molar refractivity (Wildman–Crippen MR) is 105 cm³/mol. The summed E-state index contributed by atoms with van der Waals surface area (Å²) in [6.07, 6.45) is 0. The van der Waals surface area contributed by atoms with Crippen LogP contribution in [0.15, 0.2) is 82.6 Å². The number of amides is 1. The maximum atomic E-state index is 12.3. The van der Waals surface area contributed by atoms with Crippen molar-refractivity contribution in [3.63, 3.8) is 0 Å². The number of anilines is 1. The number of methoxy groups -OCH3 is 1. The molecule has 0 aliphatic carbocycles. The average molecular weight is 380 g/mol. The van der Waals surface area contributed by atoms with E-state index in [-0.39, 0.29) is 11.6 Å². The van der Waals surface area contributed by atoms with Gasteiger partial charge >= 0.3 is 0 Å². The first-order valence-corrected chi connectivity index (χ1v) is 8.84. The zero-order valence-corrected chi connectivity index (χ0v) is 15.2. The van der Waals surface area contributed by atoms with Gasteiger partial charge in [0.1, 0.15) is 5.75 Å². The van der Waals surface area contributed by atoms with Crippen LogP contribution in [0.4, 0.5) is 11.4 Å². The number of carbonyl (C=O) groups is 1. The summed E-state index contributed by atoms with van der Waals surface area (Å²) >= 11 is 1.49. The molecule has 0 aliphatic heterocycles. The van der Waals surface area contributed by atoms with Gasteiger partial charge in [0.15, 0.2) is 0 Å². The number of nitrogens with zero attached hydrogens (tertiary/aromatic N) is 1. The first-order chi connectivity index (χ1) is 13.0. The third-order valence-corrected chi connectivity index (χ3v) is 4.74. The van der Waals surface area contributed by atoms with Crippen LogP contribution in [0.1, 0.15) is 10.4 Å². The molecule has 0 aromatic heterocycles. The van der Waals surface area contributed by atoms with Crippen LogP contribution < -0.4 is 10.1 Å². The molecule has 0 atom stereocenters. The normalized spacial score (nSPS) is 10.3. The minimum absolute atomic E-state index is 0.0648. The van der Waals surface area contributed by atoms with E-state index in [2.05, 4.69) is 5.32 Å². The summed E-state index contributed by atoms with van der Waals surface area (Å²) in [5, 5.41) is 13.5. The van der Waals surface area contributed by atoms with E-state index >= 15 is 0 Å². The average Bonchev–Trinajstić information content (AvgIpc) is 2.70. The Balaban J connectivity index is 1.64. The van der Waals surface area contributed by atoms with Crippen LogP contribution in [-0.4, -0.2) is 17.9 Å². The second kappa shape index (κ2) is 8.37. The highest BCUT2D eigenvalue weighted by Crippen LogP contribution is 2.29. The lowest BCUT2D eigenvalue weighted by molar-refractivity contribution is -0.384. The largest absolute Gasteiger partial charge is 0.497 e. The molecule has 7 heteroatoms. The van der Waals surface area contributed by atoms with Gasteiger partial charge in [-0.05, 0) is 54.6 Å². The summed E-state index contributed by atoms with van der Waals surface area (Å²) in [7, 11) is 1.55. The van der Waals surface area contributed by atoms with E-state index in [1.807, 2.05) is 24.3 Å². The van der Waals surface area contributed by atoms with Crippen molar-refractivity contribution in [2.24, 2.45) is 0 Å². The number of hydrogen-bond acceptors (Lipinski definition) is 5. The van der Waals surface area contributed by atoms with Gasteiger partial charge in [-0.25, -0.2) is 0 Å². The highest BCUT2D eigenvalue weighted by molar-refractivity contribution is 7.99. The number of non-ortho nitro benzene ring substituents is 1. The molecule has 136 valence electrons. The zero-order valence-electron chi connectivity index (χ0n) is 14.4. The summed E-state index contributed by atoms with van der Waals surface area (Å²) in [4.78, 5) is 24.4. The fourth-order valence-corrected chi connectivity index (χ4v) is 3.16. The van der Waals surface area contributed by atoms with Crippen LogP contribution in [0.2, 0.25) is 0 Å². The Morgan fingerprint density at radius 2 is 1.63 bits per heavy atom. The van der Waals surface area contributed by atoms with Gasteiger partial charge in [0.05, 0.1) is 12.0 Å². The summed E-state index contributed by atoms with van der Waals surface area (Å²) in [6, 6.07) is 20.7. The molecule has 0 aliphatic rings. The topological polar surface area (TPSA) is 81.5 Å². The number of rotatable bonds is 6. The van der Waals surface area contributed by atoms with E-state index in [0.29, 0.717) is 17.0 Å². The number of benzene rings is 3. The molecule has 3 rings (SSSR count). The molecule has 0 radical (unpaired) electrons. The lowest BCUT2D eigenvalue weighted by atomic mass is 10.2. The van der Waals surface area contributed by atoms with Gasteiger partial charge in [0.25, 0.3) is 11.6 Å². The molecule has 0 saturated carbocycles. The van der Waals surface area contributed by atoms with Crippen molar-refractivity contribution < 1.29 is 14.5 Å². The van der Waals surface area contributed by atoms with E-state index < -0.39 is 4.92 Å². The first kappa shape index (κ1) is 18.5. The highest BCUT2D eigenvalue weighted by Gasteiger charge is 2.08. The summed E-state index contributed by atoms with van der Waals surface area (Å²) in [5.74, 6) is 0.405. The van der Waals surface area contributed by atoms with Crippen LogP contribution in [0.3, 0.4) is 0 Å². The second-order valence-corrected chi connectivity index (χ2v) is 6.71. The van der Waals surface area contributed by atoms with E-state index in [4.69, 9.17) is 4.74 Å². The maximum Gasteiger partial charge on any atom is 0.269 e. The number of carbonyl (C=O) groups excluding carboxylic acids is 1. The maximum absolute atomic E-state index is 12.3. The third kappa shape index (κ3) is 4.86. The molecule has 6 nitrogen and oxygen atoms in total. The zero-order chi connectivity index (χ0) is 19.2. The van der Waals surface area contributed by atoms with E-state index in [9.17, 15) is 14.9 Å². The van der Waals surface area contributed by atoms with Crippen molar-refractivity contribution in [3.8, 4) is 5.75 Å². The quantitative estimate of drug-likeness (QED) is 0.480. The SMILES string of the molecule is COc1cccc(C(=O)Nc2ccc(Sc3ccc([N+](=O)[O-])cc3)cc2)c1. The number of ether oxygens (including phenoxy) is 1. The van der Waals surface area contributed by atoms with Crippen molar-refractivity contribution in [1.29, 1.82) is 0 Å². The van der Waals surface area contributed by atoms with Crippen molar-refractivity contribution >= 4 is 29.0 Å². The summed E-state index contributed by atoms with van der Waals surface area (Å²) in [6.45, 7) is 0. The van der Waals surface area contributed by atoms with Gasteiger partial charge in [-0.1, -0.05) is 17.8 Å². The Kier molecular flexibility index (Phi) is 5.73. The molecule has 0 bridgehead atoms. The van der Waals surface area contributed by atoms with Gasteiger partial charge in [-0.2, -0.15) is 0 Å². The third-order valence-electron chi connectivity index (χ3n) is 3.73. The van der Waals surface area contributed by atoms with Crippen LogP contribution in [0.5, 0.6) is 5.75 Å². The van der Waals surface area contributed by atoms with E-state index in [1.165, 1.54) is 23.9 Å². The van der Waals surface area contributed by atoms with Crippen LogP contribution >= 0.6 is 11.8 Å². The standard InChI is InChI=1S/C20H16N2O4S/c1-26-17-4-2-3-14(13-17)20(23)21-15-5-9-18(10-6-15)27-19-11-7-16(8-12-19)22(24)25/h2-13H,1H3,(H,21,23). The molecule has 0 saturated heterocycles. The lowest BCUT2D eigenvalue weighted by Crippen LogP contribution is -2.11. The molecule has 3 aromatic carbocycles. The minimum atomic E-state index is -0.422. The number of hydrogen-bond donors (Lipinski definition) is 1. The Hall–Kier alpha value is -3.32. The van der Waals surface area contributed by atoms with Crippen molar-refractivity contribution in [2.75, 3.05) is 12.4 Å². The van der Waals surface area contributed by atoms with Crippen LogP contribution in [0, 0.1) is 10.1 Å². The van der Waals surface area contributed by atoms with Gasteiger partial charge in [-0.15, -0.1) is 0 Å². The molecule has 1 amide bonds. The van der Waals surface area contributed by atoms with Gasteiger partial charge in [0, 0.05) is 33.2 Å². The molecule has 0 heterocycles. The number of nitrogens with one attached hydrogen (secondary N) is 1. The molecule has 0 fully saturated rings. The number of nitro groups is 1. The van der Waals surface area contributed by atoms with Gasteiger partial charge in [-0.3, -0.25) is 14.9 Å². The number of nitro benzene ring substituents is 1. The Labute approximate surface area is 160 Å². The molecular weight excluding hydrogens is 364 g/mol. The van der Waals surface area contributed by atoms with Crippen LogP contribution in [0.25, 0.3) is 0 Å². The summed E-state index contributed by atoms with van der Waals surface area (Å²) in [5.41, 5.74) is 1.25. The molecule has 0 unspecified atom stereocenters. The van der Waals surface area contributed by atoms with Crippen molar-refractivity contribution in [3.05, 3.63) is 88.5 Å². The minimum Gasteiger partial charge on any atom is -0.497 e. The van der Waals surface area contributed by atoms with Gasteiger partial charge < -0.3 is 10.1 Å². The lowest BCUT2D eigenvalue weighted by Gasteiger charge is -2.08. The predicted octanol–water partition coefficient (Wildman–Crippen LogP) is 5.01. The Bertz CT molecular complexity index is 956. The summed E-state index contributed by atoms with van der Waals surface area (Å²) < 4.78 is 5.13. The van der Waals surface area contributed by atoms with Crippen LogP contribution in [-0.2, 0) is 0 Å². The molecular formula is C20H16N2O4S. The molecule has 0 spiro atoms. The van der Waals surface area contributed by atoms with Crippen molar-refractivity contribution in [1.82, 2.24) is 0 Å². The van der Waals surface area contributed by atoms with E-state index in [0.717, 1.165) is 9.79 Å². The van der Waals surface area contributed by atoms with Crippen molar-refractivity contribution in [2.45, 2.75) is 9.79 Å². The Morgan fingerprint density at radius 3 is 2.22 bits per heavy atom. The molecule has 3 aromatic rings. The monoisotopic (exact) mass is 380 g/mol.